The van der Waals surface area contributed by atoms with Crippen LogP contribution >= 0.6 is 0 Å². The van der Waals surface area contributed by atoms with Gasteiger partial charge in [0.2, 0.25) is 0 Å². The first-order valence-corrected chi connectivity index (χ1v) is 5.97. The van der Waals surface area contributed by atoms with E-state index in [4.69, 9.17) is 0 Å². The molecule has 0 aliphatic heterocycles. The highest BCUT2D eigenvalue weighted by atomic mass is 19.4. The quantitative estimate of drug-likeness (QED) is 0.692. The Hall–Kier alpha value is -2.70. The van der Waals surface area contributed by atoms with Gasteiger partial charge in [-0.2, -0.15) is 13.2 Å². The third-order valence-corrected chi connectivity index (χ3v) is 2.98. The van der Waals surface area contributed by atoms with Crippen LogP contribution in [0.15, 0.2) is 53.7 Å². The van der Waals surface area contributed by atoms with Gasteiger partial charge in [-0.1, -0.05) is 12.1 Å². The number of hydrogen-bond acceptors (Lipinski definition) is 3. The van der Waals surface area contributed by atoms with Crippen molar-refractivity contribution < 1.29 is 13.2 Å². The van der Waals surface area contributed by atoms with Gasteiger partial charge in [0.25, 0.3) is 5.56 Å². The lowest BCUT2D eigenvalue weighted by molar-refractivity contribution is -0.141. The largest absolute Gasteiger partial charge is 0.433 e. The second kappa shape index (κ2) is 4.69. The summed E-state index contributed by atoms with van der Waals surface area (Å²) in [5, 5.41) is 0.389. The van der Waals surface area contributed by atoms with Gasteiger partial charge in [0.15, 0.2) is 0 Å². The van der Waals surface area contributed by atoms with E-state index >= 15 is 0 Å². The fourth-order valence-electron chi connectivity index (χ4n) is 1.95. The highest BCUT2D eigenvalue weighted by Gasteiger charge is 2.32. The fourth-order valence-corrected chi connectivity index (χ4v) is 1.95. The van der Waals surface area contributed by atoms with Gasteiger partial charge in [0, 0.05) is 0 Å². The Balaban J connectivity index is 2.13. The molecule has 4 nitrogen and oxygen atoms in total. The van der Waals surface area contributed by atoms with Crippen molar-refractivity contribution in [2.45, 2.75) is 6.18 Å². The summed E-state index contributed by atoms with van der Waals surface area (Å²) in [4.78, 5) is 19.7. The van der Waals surface area contributed by atoms with Crippen molar-refractivity contribution in [3.8, 4) is 5.69 Å². The molecular weight excluding hydrogens is 283 g/mol. The molecule has 3 rings (SSSR count). The van der Waals surface area contributed by atoms with Crippen molar-refractivity contribution in [3.05, 3.63) is 65.0 Å². The van der Waals surface area contributed by atoms with Gasteiger partial charge >= 0.3 is 6.18 Å². The van der Waals surface area contributed by atoms with E-state index in [-0.39, 0.29) is 11.2 Å². The molecule has 1 aromatic carbocycles. The van der Waals surface area contributed by atoms with Crippen molar-refractivity contribution in [2.24, 2.45) is 0 Å². The van der Waals surface area contributed by atoms with Crippen LogP contribution in [-0.2, 0) is 6.18 Å². The van der Waals surface area contributed by atoms with Gasteiger partial charge in [0.05, 0.1) is 22.8 Å². The van der Waals surface area contributed by atoms with Gasteiger partial charge in [-0.05, 0) is 24.3 Å². The summed E-state index contributed by atoms with van der Waals surface area (Å²) in [6.45, 7) is 0. The highest BCUT2D eigenvalue weighted by Crippen LogP contribution is 2.27. The smallest absolute Gasteiger partial charge is 0.268 e. The molecular formula is C14H8F3N3O. The number of aromatic nitrogens is 3. The SMILES string of the molecule is O=c1c2ccccc2ncn1-c1ccc(C(F)(F)F)nc1. The number of nitrogens with zero attached hydrogens (tertiary/aromatic N) is 3. The average molecular weight is 291 g/mol. The number of benzene rings is 1. The normalized spacial score (nSPS) is 11.8. The Bertz CT molecular complexity index is 854. The number of pyridine rings is 1. The van der Waals surface area contributed by atoms with E-state index in [1.807, 2.05) is 0 Å². The first kappa shape index (κ1) is 13.3. The number of alkyl halides is 3. The maximum absolute atomic E-state index is 12.5. The minimum Gasteiger partial charge on any atom is -0.268 e. The van der Waals surface area contributed by atoms with E-state index in [1.54, 1.807) is 24.3 Å². The van der Waals surface area contributed by atoms with E-state index in [9.17, 15) is 18.0 Å². The van der Waals surface area contributed by atoms with Crippen molar-refractivity contribution in [1.29, 1.82) is 0 Å². The standard InChI is InChI=1S/C14H8F3N3O/c15-14(16,17)12-6-5-9(7-18-12)20-8-19-11-4-2-1-3-10(11)13(20)21/h1-8H. The zero-order valence-electron chi connectivity index (χ0n) is 10.5. The molecule has 2 heterocycles. The second-order valence-electron chi connectivity index (χ2n) is 4.34. The second-order valence-corrected chi connectivity index (χ2v) is 4.34. The molecule has 0 spiro atoms. The molecule has 106 valence electrons. The number of hydrogen-bond donors (Lipinski definition) is 0. The molecule has 0 bridgehead atoms. The molecule has 0 N–H and O–H groups in total. The summed E-state index contributed by atoms with van der Waals surface area (Å²) in [6.07, 6.45) is -2.24. The van der Waals surface area contributed by atoms with Gasteiger partial charge in [-0.25, -0.2) is 9.97 Å². The number of rotatable bonds is 1. The van der Waals surface area contributed by atoms with Crippen molar-refractivity contribution >= 4 is 10.9 Å². The highest BCUT2D eigenvalue weighted by molar-refractivity contribution is 5.77. The first-order valence-electron chi connectivity index (χ1n) is 5.97. The minimum atomic E-state index is -4.51. The van der Waals surface area contributed by atoms with Gasteiger partial charge in [-0.15, -0.1) is 0 Å². The summed E-state index contributed by atoms with van der Waals surface area (Å²) in [5.74, 6) is 0. The van der Waals surface area contributed by atoms with Crippen LogP contribution in [0.1, 0.15) is 5.69 Å². The van der Waals surface area contributed by atoms with E-state index in [0.717, 1.165) is 16.8 Å². The Morgan fingerprint density at radius 2 is 1.76 bits per heavy atom. The molecule has 0 radical (unpaired) electrons. The molecule has 7 heteroatoms. The van der Waals surface area contributed by atoms with Gasteiger partial charge in [-0.3, -0.25) is 9.36 Å². The zero-order chi connectivity index (χ0) is 15.0. The topological polar surface area (TPSA) is 47.8 Å². The predicted molar refractivity (Wildman–Crippen MR) is 70.1 cm³/mol. The van der Waals surface area contributed by atoms with Crippen LogP contribution < -0.4 is 5.56 Å². The maximum atomic E-state index is 12.5. The molecule has 0 unspecified atom stereocenters. The van der Waals surface area contributed by atoms with E-state index in [1.165, 1.54) is 12.4 Å². The zero-order valence-corrected chi connectivity index (χ0v) is 10.5. The van der Waals surface area contributed by atoms with Crippen LogP contribution in [0.25, 0.3) is 16.6 Å². The molecule has 0 aliphatic carbocycles. The Morgan fingerprint density at radius 3 is 2.43 bits per heavy atom. The molecule has 2 aromatic heterocycles. The van der Waals surface area contributed by atoms with Crippen LogP contribution in [0.2, 0.25) is 0 Å². The maximum Gasteiger partial charge on any atom is 0.433 e. The predicted octanol–water partition coefficient (Wildman–Crippen LogP) is 2.80. The Morgan fingerprint density at radius 1 is 1.00 bits per heavy atom. The van der Waals surface area contributed by atoms with Crippen LogP contribution in [0.5, 0.6) is 0 Å². The molecule has 0 fully saturated rings. The third kappa shape index (κ3) is 2.37. The van der Waals surface area contributed by atoms with Crippen molar-refractivity contribution in [2.75, 3.05) is 0 Å². The first-order chi connectivity index (χ1) is 9.97. The Labute approximate surface area is 116 Å². The molecule has 0 amide bonds. The summed E-state index contributed by atoms with van der Waals surface area (Å²) in [7, 11) is 0. The summed E-state index contributed by atoms with van der Waals surface area (Å²) in [6, 6.07) is 8.76. The van der Waals surface area contributed by atoms with Crippen molar-refractivity contribution in [3.63, 3.8) is 0 Å². The third-order valence-electron chi connectivity index (χ3n) is 2.98. The van der Waals surface area contributed by atoms with Crippen LogP contribution in [0.4, 0.5) is 13.2 Å². The molecule has 0 saturated heterocycles. The number of para-hydroxylation sites is 1. The van der Waals surface area contributed by atoms with E-state index < -0.39 is 11.9 Å². The van der Waals surface area contributed by atoms with Crippen LogP contribution in [0, 0.1) is 0 Å². The minimum absolute atomic E-state index is 0.228. The average Bonchev–Trinajstić information content (AvgIpc) is 2.47. The van der Waals surface area contributed by atoms with Gasteiger partial charge < -0.3 is 0 Å². The summed E-state index contributed by atoms with van der Waals surface area (Å²) < 4.78 is 38.6. The molecule has 3 aromatic rings. The molecule has 0 saturated carbocycles. The molecule has 21 heavy (non-hydrogen) atoms. The summed E-state index contributed by atoms with van der Waals surface area (Å²) in [5.41, 5.74) is -0.611. The van der Waals surface area contributed by atoms with Gasteiger partial charge in [0.1, 0.15) is 12.0 Å². The lowest BCUT2D eigenvalue weighted by Crippen LogP contribution is -2.19. The number of halogens is 3. The lowest BCUT2D eigenvalue weighted by atomic mass is 10.2. The summed E-state index contributed by atoms with van der Waals surface area (Å²) >= 11 is 0. The number of fused-ring (bicyclic) bond motifs is 1. The van der Waals surface area contributed by atoms with Crippen LogP contribution in [0.3, 0.4) is 0 Å². The fraction of sp³-hybridized carbons (Fsp3) is 0.0714. The van der Waals surface area contributed by atoms with E-state index in [0.29, 0.717) is 10.9 Å². The molecule has 0 aliphatic rings. The van der Waals surface area contributed by atoms with E-state index in [2.05, 4.69) is 9.97 Å². The lowest BCUT2D eigenvalue weighted by Gasteiger charge is -2.08. The van der Waals surface area contributed by atoms with Crippen LogP contribution in [-0.4, -0.2) is 14.5 Å². The molecule has 0 atom stereocenters. The van der Waals surface area contributed by atoms with Crippen molar-refractivity contribution in [1.82, 2.24) is 14.5 Å². The Kier molecular flexibility index (Phi) is 2.97. The monoisotopic (exact) mass is 291 g/mol.